The largest absolute Gasteiger partial charge is 0.390 e. The molecule has 4 N–H and O–H groups in total. The minimum absolute atomic E-state index is 0.0154. The van der Waals surface area contributed by atoms with Crippen LogP contribution in [-0.4, -0.2) is 51.1 Å². The van der Waals surface area contributed by atoms with E-state index < -0.39 is 11.8 Å². The van der Waals surface area contributed by atoms with E-state index in [1.807, 2.05) is 48.5 Å². The molecule has 0 aliphatic carbocycles. The Morgan fingerprint density at radius 1 is 1.11 bits per heavy atom. The number of aliphatic hydroxyl groups is 2. The minimum atomic E-state index is -0.975. The lowest BCUT2D eigenvalue weighted by Gasteiger charge is -2.19. The number of nitrogens with one attached hydrogen (secondary N) is 2. The summed E-state index contributed by atoms with van der Waals surface area (Å²) in [6.07, 6.45) is 1.55. The van der Waals surface area contributed by atoms with Crippen LogP contribution in [0.5, 0.6) is 0 Å². The average Bonchev–Trinajstić information content (AvgIpc) is 3.48. The van der Waals surface area contributed by atoms with E-state index in [9.17, 15) is 15.0 Å². The summed E-state index contributed by atoms with van der Waals surface area (Å²) >= 11 is 7.32. The third kappa shape index (κ3) is 8.29. The van der Waals surface area contributed by atoms with E-state index in [0.717, 1.165) is 35.6 Å². The molecule has 10 heteroatoms. The SMILES string of the molecule is CC(C)(O)CCNCc1ccc(N2C[C@H](NC(O)c3nnc(CCc4ccc(Cl)cc4)s3)CC2=O)cc1. The Balaban J connectivity index is 1.24. The molecule has 198 valence electrons. The Morgan fingerprint density at radius 2 is 1.81 bits per heavy atom. The first-order chi connectivity index (χ1) is 17.7. The fourth-order valence-electron chi connectivity index (χ4n) is 4.16. The maximum atomic E-state index is 12.7. The van der Waals surface area contributed by atoms with Crippen molar-refractivity contribution in [1.82, 2.24) is 20.8 Å². The van der Waals surface area contributed by atoms with E-state index in [-0.39, 0.29) is 11.9 Å². The van der Waals surface area contributed by atoms with Gasteiger partial charge in [-0.3, -0.25) is 10.1 Å². The van der Waals surface area contributed by atoms with E-state index >= 15 is 0 Å². The molecule has 1 unspecified atom stereocenters. The van der Waals surface area contributed by atoms with Crippen molar-refractivity contribution in [1.29, 1.82) is 0 Å². The molecule has 2 aromatic carbocycles. The van der Waals surface area contributed by atoms with Gasteiger partial charge in [-0.15, -0.1) is 10.2 Å². The second-order valence-corrected chi connectivity index (χ2v) is 11.6. The molecule has 3 aromatic rings. The van der Waals surface area contributed by atoms with Gasteiger partial charge in [-0.2, -0.15) is 0 Å². The summed E-state index contributed by atoms with van der Waals surface area (Å²) in [5.74, 6) is 0.0154. The van der Waals surface area contributed by atoms with Crippen molar-refractivity contribution in [2.45, 2.75) is 63.9 Å². The number of aryl methyl sites for hydroxylation is 2. The number of halogens is 1. The van der Waals surface area contributed by atoms with E-state index in [0.29, 0.717) is 36.0 Å². The molecule has 2 heterocycles. The van der Waals surface area contributed by atoms with Crippen molar-refractivity contribution in [3.63, 3.8) is 0 Å². The number of amides is 1. The summed E-state index contributed by atoms with van der Waals surface area (Å²) in [4.78, 5) is 14.4. The van der Waals surface area contributed by atoms with Gasteiger partial charge in [-0.05, 0) is 68.6 Å². The highest BCUT2D eigenvalue weighted by molar-refractivity contribution is 7.11. The Labute approximate surface area is 226 Å². The van der Waals surface area contributed by atoms with Crippen LogP contribution in [0.15, 0.2) is 48.5 Å². The molecule has 4 rings (SSSR count). The smallest absolute Gasteiger partial charge is 0.228 e. The van der Waals surface area contributed by atoms with Gasteiger partial charge >= 0.3 is 0 Å². The number of aliphatic hydroxyl groups excluding tert-OH is 1. The van der Waals surface area contributed by atoms with Crippen LogP contribution in [0.3, 0.4) is 0 Å². The Kier molecular flexibility index (Phi) is 9.28. The number of benzene rings is 2. The number of carbonyl (C=O) groups excluding carboxylic acids is 1. The van der Waals surface area contributed by atoms with Gasteiger partial charge < -0.3 is 20.4 Å². The molecule has 1 aliphatic heterocycles. The van der Waals surface area contributed by atoms with E-state index in [1.165, 1.54) is 16.9 Å². The lowest BCUT2D eigenvalue weighted by atomic mass is 10.1. The van der Waals surface area contributed by atoms with Gasteiger partial charge in [0.2, 0.25) is 5.91 Å². The van der Waals surface area contributed by atoms with Crippen LogP contribution in [0.4, 0.5) is 5.69 Å². The molecule has 2 atom stereocenters. The summed E-state index contributed by atoms with van der Waals surface area (Å²) < 4.78 is 0. The van der Waals surface area contributed by atoms with E-state index in [4.69, 9.17) is 11.6 Å². The molecule has 1 aliphatic rings. The van der Waals surface area contributed by atoms with Crippen molar-refractivity contribution in [3.05, 3.63) is 74.7 Å². The third-order valence-corrected chi connectivity index (χ3v) is 7.55. The molecule has 0 saturated carbocycles. The van der Waals surface area contributed by atoms with Crippen molar-refractivity contribution < 1.29 is 15.0 Å². The molecule has 1 saturated heterocycles. The van der Waals surface area contributed by atoms with Gasteiger partial charge in [0.25, 0.3) is 0 Å². The number of nitrogens with zero attached hydrogens (tertiary/aromatic N) is 3. The summed E-state index contributed by atoms with van der Waals surface area (Å²) in [6, 6.07) is 15.4. The normalized spacial score (nSPS) is 16.9. The van der Waals surface area contributed by atoms with Crippen molar-refractivity contribution in [2.24, 2.45) is 0 Å². The third-order valence-electron chi connectivity index (χ3n) is 6.27. The average molecular weight is 544 g/mol. The van der Waals surface area contributed by atoms with E-state index in [2.05, 4.69) is 20.8 Å². The van der Waals surface area contributed by atoms with Gasteiger partial charge in [0.05, 0.1) is 5.60 Å². The number of carbonyl (C=O) groups is 1. The van der Waals surface area contributed by atoms with Crippen LogP contribution in [0.2, 0.25) is 5.02 Å². The first kappa shape index (κ1) is 27.6. The molecule has 1 aromatic heterocycles. The summed E-state index contributed by atoms with van der Waals surface area (Å²) in [5.41, 5.74) is 2.44. The van der Waals surface area contributed by atoms with Gasteiger partial charge in [0.1, 0.15) is 5.01 Å². The zero-order valence-electron chi connectivity index (χ0n) is 21.2. The summed E-state index contributed by atoms with van der Waals surface area (Å²) in [6.45, 7) is 5.50. The Hall–Kier alpha value is -2.40. The van der Waals surface area contributed by atoms with Crippen molar-refractivity contribution in [2.75, 3.05) is 18.0 Å². The number of anilines is 1. The molecule has 1 fully saturated rings. The second-order valence-electron chi connectivity index (χ2n) is 10.0. The fraction of sp³-hybridized carbons (Fsp3) is 0.444. The monoisotopic (exact) mass is 543 g/mol. The van der Waals surface area contributed by atoms with Gasteiger partial charge in [-0.1, -0.05) is 47.2 Å². The van der Waals surface area contributed by atoms with Gasteiger partial charge in [0, 0.05) is 42.7 Å². The summed E-state index contributed by atoms with van der Waals surface area (Å²) in [5, 5.41) is 37.4. The lowest BCUT2D eigenvalue weighted by molar-refractivity contribution is -0.117. The highest BCUT2D eigenvalue weighted by Gasteiger charge is 2.32. The van der Waals surface area contributed by atoms with Crippen molar-refractivity contribution >= 4 is 34.5 Å². The molecular weight excluding hydrogens is 510 g/mol. The first-order valence-corrected chi connectivity index (χ1v) is 13.7. The quantitative estimate of drug-likeness (QED) is 0.204. The maximum Gasteiger partial charge on any atom is 0.228 e. The van der Waals surface area contributed by atoms with Gasteiger partial charge in [0.15, 0.2) is 11.2 Å². The highest BCUT2D eigenvalue weighted by atomic mass is 35.5. The number of hydrogen-bond donors (Lipinski definition) is 4. The number of aromatic nitrogens is 2. The molecular formula is C27H34ClN5O3S. The molecule has 37 heavy (non-hydrogen) atoms. The van der Waals surface area contributed by atoms with Crippen LogP contribution in [-0.2, 0) is 24.2 Å². The minimum Gasteiger partial charge on any atom is -0.390 e. The molecule has 1 amide bonds. The Morgan fingerprint density at radius 3 is 2.51 bits per heavy atom. The zero-order valence-corrected chi connectivity index (χ0v) is 22.7. The molecule has 8 nitrogen and oxygen atoms in total. The standard InChI is InChI=1S/C27H34ClN5O3S/c1-27(2,36)13-14-29-16-19-5-10-22(11-6-19)33-17-21(15-24(33)34)30-25(35)26-32-31-23(37-26)12-7-18-3-8-20(28)9-4-18/h3-6,8-11,21,25,29-30,35-36H,7,12-17H2,1-2H3/t21-,25?/m1/s1. The van der Waals surface area contributed by atoms with Crippen LogP contribution in [0.25, 0.3) is 0 Å². The first-order valence-electron chi connectivity index (χ1n) is 12.5. The number of hydrogen-bond acceptors (Lipinski definition) is 8. The zero-order chi connectivity index (χ0) is 26.4. The second kappa shape index (κ2) is 12.4. The summed E-state index contributed by atoms with van der Waals surface area (Å²) in [7, 11) is 0. The van der Waals surface area contributed by atoms with Crippen LogP contribution in [0.1, 0.15) is 54.1 Å². The van der Waals surface area contributed by atoms with Gasteiger partial charge in [-0.25, -0.2) is 0 Å². The molecule has 0 radical (unpaired) electrons. The predicted octanol–water partition coefficient (Wildman–Crippen LogP) is 3.61. The fourth-order valence-corrected chi connectivity index (χ4v) is 5.08. The molecule has 0 spiro atoms. The number of rotatable bonds is 12. The van der Waals surface area contributed by atoms with Crippen LogP contribution < -0.4 is 15.5 Å². The lowest BCUT2D eigenvalue weighted by Crippen LogP contribution is -2.35. The van der Waals surface area contributed by atoms with E-state index in [1.54, 1.807) is 18.7 Å². The maximum absolute atomic E-state index is 12.7. The van der Waals surface area contributed by atoms with Crippen molar-refractivity contribution in [3.8, 4) is 0 Å². The molecule has 0 bridgehead atoms. The Bertz CT molecular complexity index is 1160. The predicted molar refractivity (Wildman–Crippen MR) is 147 cm³/mol. The van der Waals surface area contributed by atoms with Crippen LogP contribution >= 0.6 is 22.9 Å². The highest BCUT2D eigenvalue weighted by Crippen LogP contribution is 2.25. The van der Waals surface area contributed by atoms with Crippen LogP contribution in [0, 0.1) is 0 Å². The topological polar surface area (TPSA) is 111 Å².